The van der Waals surface area contributed by atoms with E-state index in [1.165, 1.54) is 0 Å². The second-order valence-electron chi connectivity index (χ2n) is 5.70. The van der Waals surface area contributed by atoms with Gasteiger partial charge in [0, 0.05) is 24.7 Å². The van der Waals surface area contributed by atoms with Gasteiger partial charge in [-0.2, -0.15) is 0 Å². The average Bonchev–Trinajstić information content (AvgIpc) is 3.04. The van der Waals surface area contributed by atoms with E-state index < -0.39 is 11.9 Å². The second-order valence-corrected chi connectivity index (χ2v) is 5.70. The second kappa shape index (κ2) is 7.25. The van der Waals surface area contributed by atoms with Crippen LogP contribution in [0.15, 0.2) is 48.5 Å². The normalized spacial score (nSPS) is 16.6. The number of anilines is 1. The molecule has 25 heavy (non-hydrogen) atoms. The first kappa shape index (κ1) is 16.8. The van der Waals surface area contributed by atoms with Gasteiger partial charge >= 0.3 is 5.97 Å². The minimum atomic E-state index is -0.499. The first-order valence-electron chi connectivity index (χ1n) is 7.91. The zero-order chi connectivity index (χ0) is 17.8. The number of esters is 1. The van der Waals surface area contributed by atoms with Gasteiger partial charge in [-0.1, -0.05) is 6.07 Å². The summed E-state index contributed by atoms with van der Waals surface area (Å²) >= 11 is 0. The van der Waals surface area contributed by atoms with E-state index in [0.29, 0.717) is 29.5 Å². The molecule has 1 aliphatic heterocycles. The van der Waals surface area contributed by atoms with Crippen LogP contribution in [-0.4, -0.2) is 32.6 Å². The predicted octanol–water partition coefficient (Wildman–Crippen LogP) is 2.66. The van der Waals surface area contributed by atoms with Crippen molar-refractivity contribution in [1.29, 1.82) is 0 Å². The summed E-state index contributed by atoms with van der Waals surface area (Å²) in [5.41, 5.74) is 0.712. The van der Waals surface area contributed by atoms with E-state index in [4.69, 9.17) is 14.2 Å². The summed E-state index contributed by atoms with van der Waals surface area (Å²) in [4.78, 5) is 26.2. The largest absolute Gasteiger partial charge is 0.497 e. The molecule has 2 aromatic carbocycles. The van der Waals surface area contributed by atoms with E-state index in [9.17, 15) is 9.59 Å². The van der Waals surface area contributed by atoms with Crippen LogP contribution in [0.2, 0.25) is 0 Å². The number of carbonyl (C=O) groups excluding carboxylic acids is 2. The van der Waals surface area contributed by atoms with Crippen molar-refractivity contribution in [1.82, 2.24) is 0 Å². The summed E-state index contributed by atoms with van der Waals surface area (Å²) in [6.45, 7) is 0.293. The molecule has 6 heteroatoms. The fourth-order valence-electron chi connectivity index (χ4n) is 2.74. The summed E-state index contributed by atoms with van der Waals surface area (Å²) in [5, 5.41) is 0. The van der Waals surface area contributed by atoms with Crippen LogP contribution in [0.5, 0.6) is 17.2 Å². The van der Waals surface area contributed by atoms with Crippen molar-refractivity contribution in [3.63, 3.8) is 0 Å². The molecule has 0 radical (unpaired) electrons. The molecule has 1 saturated heterocycles. The Bertz CT molecular complexity index is 772. The topological polar surface area (TPSA) is 65.1 Å². The van der Waals surface area contributed by atoms with E-state index in [-0.39, 0.29) is 12.3 Å². The highest BCUT2D eigenvalue weighted by atomic mass is 16.5. The lowest BCUT2D eigenvalue weighted by Gasteiger charge is -2.17. The van der Waals surface area contributed by atoms with Crippen LogP contribution in [0.1, 0.15) is 6.42 Å². The molecule has 0 saturated carbocycles. The molecule has 6 nitrogen and oxygen atoms in total. The third-order valence-corrected chi connectivity index (χ3v) is 4.10. The van der Waals surface area contributed by atoms with E-state index in [2.05, 4.69) is 0 Å². The Kier molecular flexibility index (Phi) is 4.88. The van der Waals surface area contributed by atoms with Gasteiger partial charge in [0.25, 0.3) is 0 Å². The number of rotatable bonds is 5. The first-order chi connectivity index (χ1) is 12.1. The van der Waals surface area contributed by atoms with E-state index in [1.807, 2.05) is 12.1 Å². The number of amides is 1. The van der Waals surface area contributed by atoms with Crippen LogP contribution >= 0.6 is 0 Å². The average molecular weight is 341 g/mol. The standard InChI is InChI=1S/C19H19NO5/c1-23-15-6-8-16(9-7-15)25-19(22)13-10-18(21)20(12-13)14-4-3-5-17(11-14)24-2/h3-9,11,13H,10,12H2,1-2H3/t13-/m0/s1. The maximum atomic E-state index is 12.4. The van der Waals surface area contributed by atoms with Crippen molar-refractivity contribution in [2.75, 3.05) is 25.7 Å². The molecule has 0 unspecified atom stereocenters. The number of benzene rings is 2. The van der Waals surface area contributed by atoms with Crippen LogP contribution in [0, 0.1) is 5.92 Å². The lowest BCUT2D eigenvalue weighted by atomic mass is 10.1. The van der Waals surface area contributed by atoms with Crippen LogP contribution < -0.4 is 19.1 Å². The molecule has 0 spiro atoms. The summed E-state index contributed by atoms with van der Waals surface area (Å²) in [6.07, 6.45) is 0.131. The number of ether oxygens (including phenoxy) is 3. The Morgan fingerprint density at radius 2 is 1.68 bits per heavy atom. The molecule has 130 valence electrons. The fourth-order valence-corrected chi connectivity index (χ4v) is 2.74. The highest BCUT2D eigenvalue weighted by Gasteiger charge is 2.36. The Balaban J connectivity index is 1.67. The molecule has 0 bridgehead atoms. The number of methoxy groups -OCH3 is 2. The predicted molar refractivity (Wildman–Crippen MR) is 92.1 cm³/mol. The van der Waals surface area contributed by atoms with Crippen molar-refractivity contribution < 1.29 is 23.8 Å². The van der Waals surface area contributed by atoms with Crippen molar-refractivity contribution in [2.45, 2.75) is 6.42 Å². The van der Waals surface area contributed by atoms with Gasteiger partial charge in [0.15, 0.2) is 0 Å². The third kappa shape index (κ3) is 3.74. The lowest BCUT2D eigenvalue weighted by molar-refractivity contribution is -0.139. The Labute approximate surface area is 145 Å². The maximum Gasteiger partial charge on any atom is 0.316 e. The zero-order valence-corrected chi connectivity index (χ0v) is 14.1. The highest BCUT2D eigenvalue weighted by Crippen LogP contribution is 2.29. The van der Waals surface area contributed by atoms with E-state index >= 15 is 0 Å². The molecule has 1 amide bonds. The summed E-state index contributed by atoms with van der Waals surface area (Å²) in [7, 11) is 3.14. The van der Waals surface area contributed by atoms with Gasteiger partial charge in [-0.3, -0.25) is 9.59 Å². The Morgan fingerprint density at radius 3 is 2.36 bits per heavy atom. The van der Waals surface area contributed by atoms with Gasteiger partial charge in [0.1, 0.15) is 17.2 Å². The lowest BCUT2D eigenvalue weighted by Crippen LogP contribution is -2.27. The Morgan fingerprint density at radius 1 is 1.00 bits per heavy atom. The Hall–Kier alpha value is -3.02. The van der Waals surface area contributed by atoms with E-state index in [0.717, 1.165) is 0 Å². The van der Waals surface area contributed by atoms with E-state index in [1.54, 1.807) is 55.5 Å². The fraction of sp³-hybridized carbons (Fsp3) is 0.263. The molecule has 0 aromatic heterocycles. The SMILES string of the molecule is COc1ccc(OC(=O)[C@H]2CC(=O)N(c3cccc(OC)c3)C2)cc1. The first-order valence-corrected chi connectivity index (χ1v) is 7.91. The molecular formula is C19H19NO5. The molecule has 2 aromatic rings. The van der Waals surface area contributed by atoms with Crippen LogP contribution in [0.25, 0.3) is 0 Å². The smallest absolute Gasteiger partial charge is 0.316 e. The van der Waals surface area contributed by atoms with Gasteiger partial charge in [0.2, 0.25) is 5.91 Å². The van der Waals surface area contributed by atoms with Crippen LogP contribution in [-0.2, 0) is 9.59 Å². The summed E-state index contributed by atoms with van der Waals surface area (Å²) in [6, 6.07) is 14.0. The van der Waals surface area contributed by atoms with Gasteiger partial charge in [-0.25, -0.2) is 0 Å². The molecule has 3 rings (SSSR count). The van der Waals surface area contributed by atoms with Crippen molar-refractivity contribution >= 4 is 17.6 Å². The van der Waals surface area contributed by atoms with Gasteiger partial charge in [0.05, 0.1) is 20.1 Å². The van der Waals surface area contributed by atoms with Gasteiger partial charge in [-0.05, 0) is 36.4 Å². The minimum absolute atomic E-state index is 0.107. The molecule has 1 fully saturated rings. The zero-order valence-electron chi connectivity index (χ0n) is 14.1. The van der Waals surface area contributed by atoms with Crippen molar-refractivity contribution in [3.8, 4) is 17.2 Å². The highest BCUT2D eigenvalue weighted by molar-refractivity contribution is 5.99. The van der Waals surface area contributed by atoms with Gasteiger partial charge in [-0.15, -0.1) is 0 Å². The third-order valence-electron chi connectivity index (χ3n) is 4.10. The molecule has 1 heterocycles. The number of hydrogen-bond donors (Lipinski definition) is 0. The number of carbonyl (C=O) groups is 2. The molecular weight excluding hydrogens is 322 g/mol. The maximum absolute atomic E-state index is 12.4. The molecule has 1 aliphatic rings. The molecule has 1 atom stereocenters. The molecule has 0 aliphatic carbocycles. The minimum Gasteiger partial charge on any atom is -0.497 e. The summed E-state index contributed by atoms with van der Waals surface area (Å²) in [5.74, 6) is 0.752. The van der Waals surface area contributed by atoms with Gasteiger partial charge < -0.3 is 19.1 Å². The summed E-state index contributed by atoms with van der Waals surface area (Å²) < 4.78 is 15.6. The van der Waals surface area contributed by atoms with Crippen LogP contribution in [0.4, 0.5) is 5.69 Å². The van der Waals surface area contributed by atoms with Crippen LogP contribution in [0.3, 0.4) is 0 Å². The monoisotopic (exact) mass is 341 g/mol. The number of nitrogens with zero attached hydrogens (tertiary/aromatic N) is 1. The van der Waals surface area contributed by atoms with Crippen molar-refractivity contribution in [3.05, 3.63) is 48.5 Å². The number of hydrogen-bond acceptors (Lipinski definition) is 5. The quantitative estimate of drug-likeness (QED) is 0.618. The molecule has 0 N–H and O–H groups in total. The van der Waals surface area contributed by atoms with Crippen molar-refractivity contribution in [2.24, 2.45) is 5.92 Å².